The maximum atomic E-state index is 13.8. The van der Waals surface area contributed by atoms with E-state index in [1.54, 1.807) is 21.9 Å². The van der Waals surface area contributed by atoms with Crippen molar-refractivity contribution in [3.63, 3.8) is 0 Å². The van der Waals surface area contributed by atoms with Crippen LogP contribution in [0.15, 0.2) is 72.1 Å². The highest BCUT2D eigenvalue weighted by molar-refractivity contribution is 7.12. The number of piperidine rings is 1. The summed E-state index contributed by atoms with van der Waals surface area (Å²) in [6.07, 6.45) is 0.897. The average Bonchev–Trinajstić information content (AvgIpc) is 3.57. The SMILES string of the molecule is Cc1ccc(C(=O)N2[C@@H](C(=O)NCc3ccccc3)COC23CCN(C(=O)c2cccs2)CC3)cc1. The van der Waals surface area contributed by atoms with Crippen LogP contribution in [0, 0.1) is 6.92 Å². The van der Waals surface area contributed by atoms with Crippen LogP contribution in [-0.4, -0.2) is 59.0 Å². The smallest absolute Gasteiger partial charge is 0.263 e. The monoisotopic (exact) mass is 503 g/mol. The van der Waals surface area contributed by atoms with Gasteiger partial charge in [0.2, 0.25) is 5.91 Å². The molecule has 2 fully saturated rings. The zero-order valence-corrected chi connectivity index (χ0v) is 21.0. The Balaban J connectivity index is 1.36. The van der Waals surface area contributed by atoms with Gasteiger partial charge in [-0.05, 0) is 36.1 Å². The van der Waals surface area contributed by atoms with Crippen LogP contribution in [0.3, 0.4) is 0 Å². The molecular weight excluding hydrogens is 474 g/mol. The molecule has 0 bridgehead atoms. The van der Waals surface area contributed by atoms with Crippen LogP contribution in [-0.2, 0) is 16.1 Å². The minimum Gasteiger partial charge on any atom is -0.353 e. The lowest BCUT2D eigenvalue weighted by Gasteiger charge is -2.44. The molecule has 1 aromatic heterocycles. The maximum absolute atomic E-state index is 13.8. The fourth-order valence-corrected chi connectivity index (χ4v) is 5.61. The van der Waals surface area contributed by atoms with Gasteiger partial charge in [-0.3, -0.25) is 19.3 Å². The molecule has 1 atom stereocenters. The lowest BCUT2D eigenvalue weighted by molar-refractivity contribution is -0.128. The van der Waals surface area contributed by atoms with Crippen molar-refractivity contribution in [2.24, 2.45) is 0 Å². The van der Waals surface area contributed by atoms with Crippen LogP contribution in [0.5, 0.6) is 0 Å². The number of thiophene rings is 1. The summed E-state index contributed by atoms with van der Waals surface area (Å²) in [5, 5.41) is 4.87. The summed E-state index contributed by atoms with van der Waals surface area (Å²) in [5.74, 6) is -0.481. The van der Waals surface area contributed by atoms with Crippen molar-refractivity contribution in [1.82, 2.24) is 15.1 Å². The van der Waals surface area contributed by atoms with E-state index in [0.29, 0.717) is 42.9 Å². The van der Waals surface area contributed by atoms with Gasteiger partial charge in [-0.2, -0.15) is 0 Å². The van der Waals surface area contributed by atoms with E-state index in [-0.39, 0.29) is 24.3 Å². The second kappa shape index (κ2) is 10.2. The van der Waals surface area contributed by atoms with E-state index in [9.17, 15) is 14.4 Å². The lowest BCUT2D eigenvalue weighted by Crippen LogP contribution is -2.59. The predicted octanol–water partition coefficient (Wildman–Crippen LogP) is 3.85. The van der Waals surface area contributed by atoms with Crippen LogP contribution in [0.2, 0.25) is 0 Å². The van der Waals surface area contributed by atoms with Gasteiger partial charge in [0.15, 0.2) is 0 Å². The number of ether oxygens (including phenoxy) is 1. The molecule has 3 amide bonds. The third kappa shape index (κ3) is 4.79. The quantitative estimate of drug-likeness (QED) is 0.574. The molecule has 3 aromatic rings. The van der Waals surface area contributed by atoms with Gasteiger partial charge >= 0.3 is 0 Å². The van der Waals surface area contributed by atoms with Crippen LogP contribution in [0.25, 0.3) is 0 Å². The van der Waals surface area contributed by atoms with Crippen molar-refractivity contribution in [1.29, 1.82) is 0 Å². The summed E-state index contributed by atoms with van der Waals surface area (Å²) >= 11 is 1.42. The molecule has 8 heteroatoms. The summed E-state index contributed by atoms with van der Waals surface area (Å²) in [6.45, 7) is 3.37. The van der Waals surface area contributed by atoms with Crippen molar-refractivity contribution in [3.05, 3.63) is 93.7 Å². The molecule has 7 nitrogen and oxygen atoms in total. The number of rotatable bonds is 5. The number of carbonyl (C=O) groups excluding carboxylic acids is 3. The molecule has 0 radical (unpaired) electrons. The largest absolute Gasteiger partial charge is 0.353 e. The zero-order valence-electron chi connectivity index (χ0n) is 20.2. The van der Waals surface area contributed by atoms with Gasteiger partial charge in [0.1, 0.15) is 11.8 Å². The first kappa shape index (κ1) is 24.2. The Kier molecular flexibility index (Phi) is 6.89. The summed E-state index contributed by atoms with van der Waals surface area (Å²) in [6, 6.07) is 20.0. The predicted molar refractivity (Wildman–Crippen MR) is 138 cm³/mol. The third-order valence-corrected chi connectivity index (χ3v) is 7.81. The standard InChI is InChI=1S/C28H29N3O4S/c1-20-9-11-22(12-10-20)26(33)31-23(25(32)29-18-21-6-3-2-4-7-21)19-35-28(31)13-15-30(16-14-28)27(34)24-8-5-17-36-24/h2-12,17,23H,13-16,18-19H2,1H3,(H,29,32)/t23-/m1/s1. The molecule has 0 aliphatic carbocycles. The molecule has 1 spiro atoms. The van der Waals surface area contributed by atoms with Gasteiger partial charge in [-0.1, -0.05) is 54.1 Å². The second-order valence-corrected chi connectivity index (χ2v) is 10.2. The molecule has 2 aliphatic rings. The van der Waals surface area contributed by atoms with E-state index in [1.807, 2.05) is 66.9 Å². The summed E-state index contributed by atoms with van der Waals surface area (Å²) < 4.78 is 6.27. The molecule has 2 aliphatic heterocycles. The Morgan fingerprint density at radius 3 is 2.36 bits per heavy atom. The van der Waals surface area contributed by atoms with Gasteiger partial charge in [-0.15, -0.1) is 11.3 Å². The van der Waals surface area contributed by atoms with Crippen LogP contribution in [0.4, 0.5) is 0 Å². The Labute approximate surface area is 214 Å². The van der Waals surface area contributed by atoms with Crippen LogP contribution >= 0.6 is 11.3 Å². The minimum atomic E-state index is -0.928. The number of amides is 3. The van der Waals surface area contributed by atoms with E-state index in [4.69, 9.17) is 4.74 Å². The van der Waals surface area contributed by atoms with Gasteiger partial charge < -0.3 is 15.0 Å². The van der Waals surface area contributed by atoms with Crippen LogP contribution in [0.1, 0.15) is 44.0 Å². The molecule has 1 N–H and O–H groups in total. The van der Waals surface area contributed by atoms with E-state index in [0.717, 1.165) is 11.1 Å². The summed E-state index contributed by atoms with van der Waals surface area (Å²) in [5.41, 5.74) is 1.62. The Bertz CT molecular complexity index is 1220. The highest BCUT2D eigenvalue weighted by Crippen LogP contribution is 2.39. The van der Waals surface area contributed by atoms with Gasteiger partial charge in [0, 0.05) is 38.0 Å². The molecule has 36 heavy (non-hydrogen) atoms. The number of hydrogen-bond donors (Lipinski definition) is 1. The number of aryl methyl sites for hydroxylation is 1. The Morgan fingerprint density at radius 2 is 1.69 bits per heavy atom. The topological polar surface area (TPSA) is 79.0 Å². The molecule has 186 valence electrons. The first-order valence-electron chi connectivity index (χ1n) is 12.2. The van der Waals surface area contributed by atoms with E-state index >= 15 is 0 Å². The van der Waals surface area contributed by atoms with Crippen molar-refractivity contribution in [2.45, 2.75) is 38.1 Å². The number of nitrogens with one attached hydrogen (secondary N) is 1. The molecule has 2 aromatic carbocycles. The molecule has 3 heterocycles. The maximum Gasteiger partial charge on any atom is 0.263 e. The van der Waals surface area contributed by atoms with Gasteiger partial charge in [0.05, 0.1) is 11.5 Å². The van der Waals surface area contributed by atoms with Gasteiger partial charge in [0.25, 0.3) is 11.8 Å². The Hall–Kier alpha value is -3.49. The van der Waals surface area contributed by atoms with Crippen molar-refractivity contribution < 1.29 is 19.1 Å². The highest BCUT2D eigenvalue weighted by Gasteiger charge is 2.54. The van der Waals surface area contributed by atoms with E-state index in [2.05, 4.69) is 5.32 Å². The van der Waals surface area contributed by atoms with E-state index < -0.39 is 11.8 Å². The van der Waals surface area contributed by atoms with Gasteiger partial charge in [-0.25, -0.2) is 0 Å². The minimum absolute atomic E-state index is 0.00795. The summed E-state index contributed by atoms with van der Waals surface area (Å²) in [4.78, 5) is 44.1. The Morgan fingerprint density at radius 1 is 0.972 bits per heavy atom. The van der Waals surface area contributed by atoms with Crippen molar-refractivity contribution in [2.75, 3.05) is 19.7 Å². The molecule has 5 rings (SSSR count). The molecule has 0 saturated carbocycles. The lowest BCUT2D eigenvalue weighted by atomic mass is 9.96. The first-order chi connectivity index (χ1) is 17.5. The van der Waals surface area contributed by atoms with Crippen LogP contribution < -0.4 is 5.32 Å². The fraction of sp³-hybridized carbons (Fsp3) is 0.321. The summed E-state index contributed by atoms with van der Waals surface area (Å²) in [7, 11) is 0. The fourth-order valence-electron chi connectivity index (χ4n) is 4.92. The molecular formula is C28H29N3O4S. The number of benzene rings is 2. The molecule has 2 saturated heterocycles. The normalized spacial score (nSPS) is 18.9. The number of likely N-dealkylation sites (tertiary alicyclic amines) is 1. The zero-order chi connectivity index (χ0) is 25.1. The van der Waals surface area contributed by atoms with Crippen molar-refractivity contribution in [3.8, 4) is 0 Å². The number of nitrogens with zero attached hydrogens (tertiary/aromatic N) is 2. The van der Waals surface area contributed by atoms with E-state index in [1.165, 1.54) is 11.3 Å². The average molecular weight is 504 g/mol. The van der Waals surface area contributed by atoms with Crippen molar-refractivity contribution >= 4 is 29.1 Å². The molecule has 0 unspecified atom stereocenters. The second-order valence-electron chi connectivity index (χ2n) is 9.29. The number of hydrogen-bond acceptors (Lipinski definition) is 5. The third-order valence-electron chi connectivity index (χ3n) is 6.95. The first-order valence-corrected chi connectivity index (χ1v) is 13.0. The highest BCUT2D eigenvalue weighted by atomic mass is 32.1. The number of carbonyl (C=O) groups is 3.